The Morgan fingerprint density at radius 1 is 1.06 bits per heavy atom. The van der Waals surface area contributed by atoms with E-state index in [0.29, 0.717) is 31.9 Å². The van der Waals surface area contributed by atoms with Crippen molar-refractivity contribution >= 4 is 52.1 Å². The fraction of sp³-hybridized carbons (Fsp3) is 0.478. The third-order valence-corrected chi connectivity index (χ3v) is 7.71. The Kier molecular flexibility index (Phi) is 8.75. The third-order valence-electron chi connectivity index (χ3n) is 6.59. The van der Waals surface area contributed by atoms with Crippen LogP contribution in [-0.2, 0) is 25.7 Å². The predicted molar refractivity (Wildman–Crippen MR) is 139 cm³/mol. The number of piperazine rings is 1. The van der Waals surface area contributed by atoms with Crippen molar-refractivity contribution in [3.05, 3.63) is 57.0 Å². The lowest BCUT2D eigenvalue weighted by atomic mass is 10.1. The molecular formula is C23H28Cl2F3N5OS. The molecule has 6 nitrogen and oxygen atoms in total. The summed E-state index contributed by atoms with van der Waals surface area (Å²) in [5.41, 5.74) is 1.18. The maximum Gasteiger partial charge on any atom is 0.416 e. The van der Waals surface area contributed by atoms with Crippen LogP contribution in [0.1, 0.15) is 16.0 Å². The molecule has 0 amide bonds. The molecule has 0 unspecified atom stereocenters. The predicted octanol–water partition coefficient (Wildman–Crippen LogP) is 4.13. The number of hydrogen-bond donors (Lipinski definition) is 0. The number of thiophene rings is 1. The summed E-state index contributed by atoms with van der Waals surface area (Å²) in [6.07, 6.45) is -1.81. The standard InChI is InChI=1S/C23H26F3N5OS.2ClH/c1-28-6-5-18-19(14-28)33-21-20(18)22(32)31(15-27-21)12-9-29-7-10-30(11-8-29)17-4-2-3-16(13-17)23(24,25)26;;/h2-4,13,15H,5-12,14H2,1H3;2*1H. The summed E-state index contributed by atoms with van der Waals surface area (Å²) in [6, 6.07) is 5.51. The van der Waals surface area contributed by atoms with Gasteiger partial charge in [-0.15, -0.1) is 36.2 Å². The van der Waals surface area contributed by atoms with Crippen LogP contribution in [0.4, 0.5) is 18.9 Å². The Morgan fingerprint density at radius 3 is 2.51 bits per heavy atom. The minimum absolute atomic E-state index is 0. The Hall–Kier alpha value is -1.85. The van der Waals surface area contributed by atoms with Gasteiger partial charge in [0.2, 0.25) is 0 Å². The second-order valence-electron chi connectivity index (χ2n) is 8.79. The van der Waals surface area contributed by atoms with Gasteiger partial charge in [-0.1, -0.05) is 6.07 Å². The number of aromatic nitrogens is 2. The van der Waals surface area contributed by atoms with Gasteiger partial charge in [-0.2, -0.15) is 13.2 Å². The van der Waals surface area contributed by atoms with E-state index in [-0.39, 0.29) is 30.4 Å². The van der Waals surface area contributed by atoms with Crippen LogP contribution >= 0.6 is 36.2 Å². The monoisotopic (exact) mass is 549 g/mol. The number of hydrogen-bond acceptors (Lipinski definition) is 6. The zero-order valence-corrected chi connectivity index (χ0v) is 21.7. The molecule has 0 radical (unpaired) electrons. The van der Waals surface area contributed by atoms with Crippen LogP contribution < -0.4 is 10.5 Å². The van der Waals surface area contributed by atoms with Crippen LogP contribution in [-0.4, -0.2) is 65.7 Å². The SMILES string of the molecule is CN1CCc2c(sc3ncn(CCN4CCN(c5cccc(C(F)(F)F)c5)CC4)c(=O)c23)C1.Cl.Cl. The molecule has 5 rings (SSSR count). The van der Waals surface area contributed by atoms with Gasteiger partial charge in [-0.25, -0.2) is 4.98 Å². The quantitative estimate of drug-likeness (QED) is 0.489. The van der Waals surface area contributed by atoms with Gasteiger partial charge in [0.15, 0.2) is 0 Å². The molecule has 1 fully saturated rings. The van der Waals surface area contributed by atoms with Gasteiger partial charge in [0.25, 0.3) is 5.56 Å². The van der Waals surface area contributed by atoms with Crippen molar-refractivity contribution < 1.29 is 13.2 Å². The molecule has 192 valence electrons. The highest BCUT2D eigenvalue weighted by Gasteiger charge is 2.31. The van der Waals surface area contributed by atoms with E-state index in [0.717, 1.165) is 54.4 Å². The van der Waals surface area contributed by atoms with Crippen LogP contribution in [0.25, 0.3) is 10.2 Å². The molecule has 2 aliphatic heterocycles. The third kappa shape index (κ3) is 5.77. The maximum absolute atomic E-state index is 13.2. The molecule has 2 aromatic heterocycles. The number of rotatable bonds is 4. The summed E-state index contributed by atoms with van der Waals surface area (Å²) in [7, 11) is 2.09. The first kappa shape index (κ1) is 27.7. The Balaban J connectivity index is 0.00000171. The average molecular weight is 550 g/mol. The topological polar surface area (TPSA) is 44.6 Å². The van der Waals surface area contributed by atoms with Crippen molar-refractivity contribution in [3.63, 3.8) is 0 Å². The van der Waals surface area contributed by atoms with Crippen molar-refractivity contribution in [2.75, 3.05) is 51.2 Å². The molecule has 12 heteroatoms. The number of fused-ring (bicyclic) bond motifs is 3. The first-order chi connectivity index (χ1) is 15.8. The first-order valence-corrected chi connectivity index (χ1v) is 11.9. The van der Waals surface area contributed by atoms with Crippen LogP contribution in [0.5, 0.6) is 0 Å². The lowest BCUT2D eigenvalue weighted by Crippen LogP contribution is -2.47. The van der Waals surface area contributed by atoms with Crippen LogP contribution in [0.15, 0.2) is 35.4 Å². The van der Waals surface area contributed by atoms with E-state index in [1.165, 1.54) is 17.0 Å². The fourth-order valence-corrected chi connectivity index (χ4v) is 5.92. The van der Waals surface area contributed by atoms with Crippen molar-refractivity contribution in [2.45, 2.75) is 25.7 Å². The second-order valence-corrected chi connectivity index (χ2v) is 9.88. The van der Waals surface area contributed by atoms with Crippen LogP contribution in [0, 0.1) is 0 Å². The molecule has 1 saturated heterocycles. The average Bonchev–Trinajstić information content (AvgIpc) is 3.17. The van der Waals surface area contributed by atoms with E-state index in [4.69, 9.17) is 0 Å². The largest absolute Gasteiger partial charge is 0.416 e. The van der Waals surface area contributed by atoms with E-state index in [2.05, 4.69) is 21.8 Å². The lowest BCUT2D eigenvalue weighted by Gasteiger charge is -2.36. The van der Waals surface area contributed by atoms with Gasteiger partial charge in [0.05, 0.1) is 17.3 Å². The van der Waals surface area contributed by atoms with E-state index < -0.39 is 11.7 Å². The molecule has 35 heavy (non-hydrogen) atoms. The van der Waals surface area contributed by atoms with Crippen molar-refractivity contribution in [3.8, 4) is 0 Å². The fourth-order valence-electron chi connectivity index (χ4n) is 4.66. The van der Waals surface area contributed by atoms with Gasteiger partial charge in [-0.3, -0.25) is 14.3 Å². The van der Waals surface area contributed by atoms with E-state index in [9.17, 15) is 18.0 Å². The smallest absolute Gasteiger partial charge is 0.369 e. The van der Waals surface area contributed by atoms with Crippen molar-refractivity contribution in [2.24, 2.45) is 0 Å². The van der Waals surface area contributed by atoms with Crippen molar-refractivity contribution in [1.82, 2.24) is 19.4 Å². The van der Waals surface area contributed by atoms with Gasteiger partial charge in [-0.05, 0) is 37.2 Å². The molecule has 0 spiro atoms. The highest BCUT2D eigenvalue weighted by molar-refractivity contribution is 7.18. The molecule has 2 aliphatic rings. The number of likely N-dealkylation sites (N-methyl/N-ethyl adjacent to an activating group) is 1. The van der Waals surface area contributed by atoms with E-state index in [1.807, 2.05) is 4.90 Å². The summed E-state index contributed by atoms with van der Waals surface area (Å²) in [5, 5.41) is 0.778. The Bertz CT molecular complexity index is 1220. The summed E-state index contributed by atoms with van der Waals surface area (Å²) in [5.74, 6) is 0. The summed E-state index contributed by atoms with van der Waals surface area (Å²) in [4.78, 5) is 26.3. The number of nitrogens with zero attached hydrogens (tertiary/aromatic N) is 5. The molecule has 1 aromatic carbocycles. The normalized spacial score (nSPS) is 17.1. The number of anilines is 1. The number of alkyl halides is 3. The van der Waals surface area contributed by atoms with E-state index in [1.54, 1.807) is 28.3 Å². The molecule has 0 aliphatic carbocycles. The summed E-state index contributed by atoms with van der Waals surface area (Å²) < 4.78 is 40.8. The van der Waals surface area contributed by atoms with E-state index >= 15 is 0 Å². The molecule has 0 atom stereocenters. The highest BCUT2D eigenvalue weighted by atomic mass is 35.5. The van der Waals surface area contributed by atoms with Crippen LogP contribution in [0.2, 0.25) is 0 Å². The molecule has 3 aromatic rings. The summed E-state index contributed by atoms with van der Waals surface area (Å²) >= 11 is 1.62. The molecule has 0 N–H and O–H groups in total. The maximum atomic E-state index is 13.2. The first-order valence-electron chi connectivity index (χ1n) is 11.1. The Morgan fingerprint density at radius 2 is 1.80 bits per heavy atom. The minimum Gasteiger partial charge on any atom is -0.369 e. The highest BCUT2D eigenvalue weighted by Crippen LogP contribution is 2.33. The van der Waals surface area contributed by atoms with Gasteiger partial charge < -0.3 is 9.80 Å². The second kappa shape index (κ2) is 11.0. The molecule has 0 bridgehead atoms. The summed E-state index contributed by atoms with van der Waals surface area (Å²) in [6.45, 7) is 5.85. The lowest BCUT2D eigenvalue weighted by molar-refractivity contribution is -0.137. The zero-order valence-electron chi connectivity index (χ0n) is 19.3. The molecule has 4 heterocycles. The van der Waals surface area contributed by atoms with Gasteiger partial charge in [0.1, 0.15) is 4.83 Å². The van der Waals surface area contributed by atoms with Crippen molar-refractivity contribution in [1.29, 1.82) is 0 Å². The Labute approximate surface area is 218 Å². The molecular weight excluding hydrogens is 522 g/mol. The van der Waals surface area contributed by atoms with Gasteiger partial charge in [0, 0.05) is 62.9 Å². The zero-order chi connectivity index (χ0) is 23.2. The van der Waals surface area contributed by atoms with Crippen LogP contribution in [0.3, 0.4) is 0 Å². The molecule has 0 saturated carbocycles. The van der Waals surface area contributed by atoms with Gasteiger partial charge >= 0.3 is 6.18 Å². The number of halogens is 5. The number of benzene rings is 1. The minimum atomic E-state index is -4.34.